The Morgan fingerprint density at radius 1 is 1.14 bits per heavy atom. The van der Waals surface area contributed by atoms with Crippen LogP contribution in [-0.4, -0.2) is 18.9 Å². The van der Waals surface area contributed by atoms with E-state index < -0.39 is 6.04 Å². The van der Waals surface area contributed by atoms with Crippen molar-refractivity contribution in [3.63, 3.8) is 0 Å². The van der Waals surface area contributed by atoms with Crippen LogP contribution in [0.4, 0.5) is 0 Å². The van der Waals surface area contributed by atoms with Crippen LogP contribution in [0.1, 0.15) is 52.4 Å². The van der Waals surface area contributed by atoms with Crippen molar-refractivity contribution in [1.82, 2.24) is 5.32 Å². The van der Waals surface area contributed by atoms with E-state index >= 15 is 0 Å². The molecule has 3 nitrogen and oxygen atoms in total. The minimum Gasteiger partial charge on any atom is -0.391 e. The van der Waals surface area contributed by atoms with Gasteiger partial charge in [-0.1, -0.05) is 13.8 Å². The summed E-state index contributed by atoms with van der Waals surface area (Å²) in [4.78, 5) is 12.1. The van der Waals surface area contributed by atoms with Crippen LogP contribution in [0.2, 0.25) is 0 Å². The van der Waals surface area contributed by atoms with Crippen molar-refractivity contribution in [2.45, 2.75) is 58.4 Å². The Hall–Kier alpha value is -0.830. The maximum absolute atomic E-state index is 12.1. The van der Waals surface area contributed by atoms with Crippen LogP contribution in [-0.2, 0) is 4.79 Å². The molecule has 0 heterocycles. The number of ketones is 1. The van der Waals surface area contributed by atoms with E-state index in [4.69, 9.17) is 5.73 Å². The lowest BCUT2D eigenvalue weighted by molar-refractivity contribution is -0.122. The highest BCUT2D eigenvalue weighted by Crippen LogP contribution is 2.62. The van der Waals surface area contributed by atoms with Crippen LogP contribution in [0.3, 0.4) is 0 Å². The SMILES string of the molecule is CN/C(=C\C(N)C(=O)C(C)C)C12CC3CC(CC(C3)C1)C2. The van der Waals surface area contributed by atoms with E-state index in [9.17, 15) is 4.79 Å². The summed E-state index contributed by atoms with van der Waals surface area (Å²) < 4.78 is 0. The smallest absolute Gasteiger partial charge is 0.156 e. The zero-order valence-electron chi connectivity index (χ0n) is 13.7. The molecule has 4 rings (SSSR count). The fourth-order valence-electron chi connectivity index (χ4n) is 5.61. The average Bonchev–Trinajstić information content (AvgIpc) is 2.41. The lowest BCUT2D eigenvalue weighted by atomic mass is 9.48. The number of nitrogens with two attached hydrogens (primary N) is 1. The molecule has 0 aromatic rings. The molecule has 3 N–H and O–H groups in total. The van der Waals surface area contributed by atoms with Gasteiger partial charge in [0.2, 0.25) is 0 Å². The molecule has 4 aliphatic carbocycles. The number of carbonyl (C=O) groups is 1. The Morgan fingerprint density at radius 3 is 2.00 bits per heavy atom. The van der Waals surface area contributed by atoms with Crippen LogP contribution in [0, 0.1) is 29.1 Å². The monoisotopic (exact) mass is 290 g/mol. The first-order chi connectivity index (χ1) is 9.93. The van der Waals surface area contributed by atoms with Crippen molar-refractivity contribution in [1.29, 1.82) is 0 Å². The fourth-order valence-corrected chi connectivity index (χ4v) is 5.61. The molecule has 0 aromatic heterocycles. The van der Waals surface area contributed by atoms with E-state index in [0.717, 1.165) is 17.8 Å². The molecular weight excluding hydrogens is 260 g/mol. The van der Waals surface area contributed by atoms with E-state index in [2.05, 4.69) is 5.32 Å². The molecule has 3 heteroatoms. The predicted octanol–water partition coefficient (Wildman–Crippen LogP) is 2.86. The lowest BCUT2D eigenvalue weighted by Crippen LogP contribution is -2.49. The second-order valence-electron chi connectivity index (χ2n) is 8.11. The molecule has 0 aliphatic heterocycles. The number of Topliss-reactive ketones (excluding diaryl/α,β-unsaturated/α-hetero) is 1. The third kappa shape index (κ3) is 2.65. The van der Waals surface area contributed by atoms with Crippen molar-refractivity contribution in [3.8, 4) is 0 Å². The summed E-state index contributed by atoms with van der Waals surface area (Å²) in [5.41, 5.74) is 7.69. The Morgan fingerprint density at radius 2 is 1.62 bits per heavy atom. The Kier molecular flexibility index (Phi) is 3.89. The van der Waals surface area contributed by atoms with Gasteiger partial charge < -0.3 is 11.1 Å². The van der Waals surface area contributed by atoms with E-state index in [1.54, 1.807) is 0 Å². The van der Waals surface area contributed by atoms with Crippen LogP contribution in [0.15, 0.2) is 11.8 Å². The molecule has 4 aliphatic rings. The molecular formula is C18H30N2O. The maximum atomic E-state index is 12.1. The summed E-state index contributed by atoms with van der Waals surface area (Å²) in [5.74, 6) is 2.87. The first-order valence-corrected chi connectivity index (χ1v) is 8.63. The highest BCUT2D eigenvalue weighted by molar-refractivity contribution is 5.87. The molecule has 4 saturated carbocycles. The second kappa shape index (κ2) is 5.42. The molecule has 1 unspecified atom stereocenters. The molecule has 1 atom stereocenters. The van der Waals surface area contributed by atoms with Gasteiger partial charge in [-0.15, -0.1) is 0 Å². The van der Waals surface area contributed by atoms with Crippen molar-refractivity contribution >= 4 is 5.78 Å². The molecule has 21 heavy (non-hydrogen) atoms. The number of carbonyl (C=O) groups excluding carboxylic acids is 1. The topological polar surface area (TPSA) is 55.1 Å². The van der Waals surface area contributed by atoms with Gasteiger partial charge in [-0.2, -0.15) is 0 Å². The van der Waals surface area contributed by atoms with Crippen molar-refractivity contribution in [3.05, 3.63) is 11.8 Å². The normalized spacial score (nSPS) is 39.7. The van der Waals surface area contributed by atoms with Crippen LogP contribution in [0.25, 0.3) is 0 Å². The molecule has 118 valence electrons. The van der Waals surface area contributed by atoms with E-state index in [-0.39, 0.29) is 11.7 Å². The van der Waals surface area contributed by atoms with Gasteiger partial charge in [0.25, 0.3) is 0 Å². The third-order valence-corrected chi connectivity index (χ3v) is 6.12. The molecule has 0 spiro atoms. The van der Waals surface area contributed by atoms with E-state index in [1.165, 1.54) is 44.2 Å². The standard InChI is InChI=1S/C18H30N2O/c1-11(2)17(21)15(19)7-16(20-3)18-8-12-4-13(9-18)6-14(5-12)10-18/h7,11-15,20H,4-6,8-10,19H2,1-3H3/b16-7-. The number of rotatable bonds is 5. The predicted molar refractivity (Wildman–Crippen MR) is 85.6 cm³/mol. The zero-order valence-corrected chi connectivity index (χ0v) is 13.7. The summed E-state index contributed by atoms with van der Waals surface area (Å²) in [7, 11) is 2.00. The van der Waals surface area contributed by atoms with Gasteiger partial charge in [0.1, 0.15) is 0 Å². The Labute approximate surface area is 128 Å². The second-order valence-corrected chi connectivity index (χ2v) is 8.11. The minimum atomic E-state index is -0.458. The Bertz CT molecular complexity index is 417. The first kappa shape index (κ1) is 15.1. The summed E-state index contributed by atoms with van der Waals surface area (Å²) >= 11 is 0. The van der Waals surface area contributed by atoms with Crippen LogP contribution >= 0.6 is 0 Å². The molecule has 0 aromatic carbocycles. The van der Waals surface area contributed by atoms with Gasteiger partial charge in [0.05, 0.1) is 6.04 Å². The van der Waals surface area contributed by atoms with Gasteiger partial charge in [-0.05, 0) is 62.4 Å². The summed E-state index contributed by atoms with van der Waals surface area (Å²) in [6.45, 7) is 3.86. The number of hydrogen-bond acceptors (Lipinski definition) is 3. The van der Waals surface area contributed by atoms with Crippen molar-refractivity contribution < 1.29 is 4.79 Å². The summed E-state index contributed by atoms with van der Waals surface area (Å²) in [6.07, 6.45) is 10.2. The van der Waals surface area contributed by atoms with Gasteiger partial charge in [-0.3, -0.25) is 4.79 Å². The molecule has 0 saturated heterocycles. The highest BCUT2D eigenvalue weighted by atomic mass is 16.1. The third-order valence-electron chi connectivity index (χ3n) is 6.12. The molecule has 0 amide bonds. The largest absolute Gasteiger partial charge is 0.391 e. The van der Waals surface area contributed by atoms with Crippen LogP contribution < -0.4 is 11.1 Å². The minimum absolute atomic E-state index is 0.00530. The number of nitrogens with one attached hydrogen (secondary N) is 1. The number of hydrogen-bond donors (Lipinski definition) is 2. The lowest BCUT2D eigenvalue weighted by Gasteiger charge is -2.57. The number of allylic oxidation sites excluding steroid dienone is 1. The average molecular weight is 290 g/mol. The summed E-state index contributed by atoms with van der Waals surface area (Å²) in [6, 6.07) is -0.458. The van der Waals surface area contributed by atoms with E-state index in [1.807, 2.05) is 27.0 Å². The quantitative estimate of drug-likeness (QED) is 0.818. The van der Waals surface area contributed by atoms with Crippen molar-refractivity contribution in [2.75, 3.05) is 7.05 Å². The van der Waals surface area contributed by atoms with Crippen molar-refractivity contribution in [2.24, 2.45) is 34.8 Å². The zero-order chi connectivity index (χ0) is 15.2. The fraction of sp³-hybridized carbons (Fsp3) is 0.833. The molecule has 0 radical (unpaired) electrons. The Balaban J connectivity index is 1.84. The highest BCUT2D eigenvalue weighted by Gasteiger charge is 2.52. The van der Waals surface area contributed by atoms with Gasteiger partial charge in [0.15, 0.2) is 5.78 Å². The molecule has 4 bridgehead atoms. The van der Waals surface area contributed by atoms with Crippen LogP contribution in [0.5, 0.6) is 0 Å². The first-order valence-electron chi connectivity index (χ1n) is 8.63. The summed E-state index contributed by atoms with van der Waals surface area (Å²) in [5, 5.41) is 3.41. The van der Waals surface area contributed by atoms with E-state index in [0.29, 0.717) is 5.41 Å². The van der Waals surface area contributed by atoms with Gasteiger partial charge in [0, 0.05) is 24.1 Å². The maximum Gasteiger partial charge on any atom is 0.156 e. The van der Waals surface area contributed by atoms with Gasteiger partial charge in [-0.25, -0.2) is 0 Å². The molecule has 4 fully saturated rings. The van der Waals surface area contributed by atoms with Gasteiger partial charge >= 0.3 is 0 Å².